The predicted octanol–water partition coefficient (Wildman–Crippen LogP) is 3.21. The van der Waals surface area contributed by atoms with Crippen LogP contribution in [0.2, 0.25) is 0 Å². The number of carboxylic acid groups (broad SMARTS) is 1. The Balaban J connectivity index is 1.59. The van der Waals surface area contributed by atoms with E-state index in [2.05, 4.69) is 0 Å². The summed E-state index contributed by atoms with van der Waals surface area (Å²) in [7, 11) is 0. The van der Waals surface area contributed by atoms with Gasteiger partial charge in [-0.15, -0.1) is 0 Å². The number of nitrogens with zero attached hydrogens (tertiary/aromatic N) is 1. The Morgan fingerprint density at radius 3 is 2.38 bits per heavy atom. The van der Waals surface area contributed by atoms with E-state index in [4.69, 9.17) is 0 Å². The lowest BCUT2D eigenvalue weighted by atomic mass is 9.88. The number of halogens is 2. The molecule has 6 heteroatoms. The molecule has 1 saturated carbocycles. The third kappa shape index (κ3) is 2.89. The minimum Gasteiger partial charge on any atom is -0.478 e. The Morgan fingerprint density at radius 1 is 1.25 bits per heavy atom. The first kappa shape index (κ1) is 16.9. The van der Waals surface area contributed by atoms with Gasteiger partial charge in [-0.1, -0.05) is 18.2 Å². The Hall–Kier alpha value is -1.98. The van der Waals surface area contributed by atoms with E-state index in [0.717, 1.165) is 5.56 Å². The number of carboxylic acids is 1. The summed E-state index contributed by atoms with van der Waals surface area (Å²) in [6.45, 7) is 2.26. The van der Waals surface area contributed by atoms with E-state index in [-0.39, 0.29) is 12.3 Å². The minimum absolute atomic E-state index is 0.266. The Kier molecular flexibility index (Phi) is 4.10. The standard InChI is InChI=1S/C18H21F2NO3/c1-17(11-18(17,19)20)16(24)21-8-6-12(7-9-21)10-13-4-2-3-5-14(13)15(22)23/h2-5,12H,6-11H2,1H3,(H,22,23)/t17-/m0/s1. The Labute approximate surface area is 139 Å². The minimum atomic E-state index is -2.87. The lowest BCUT2D eigenvalue weighted by Crippen LogP contribution is -2.43. The van der Waals surface area contributed by atoms with Crippen molar-refractivity contribution in [3.8, 4) is 0 Å². The van der Waals surface area contributed by atoms with Gasteiger partial charge in [-0.05, 0) is 43.7 Å². The highest BCUT2D eigenvalue weighted by Gasteiger charge is 2.73. The van der Waals surface area contributed by atoms with Gasteiger partial charge in [-0.2, -0.15) is 0 Å². The fraction of sp³-hybridized carbons (Fsp3) is 0.556. The average Bonchev–Trinajstić information content (AvgIpc) is 3.07. The number of hydrogen-bond acceptors (Lipinski definition) is 2. The van der Waals surface area contributed by atoms with Crippen molar-refractivity contribution in [2.24, 2.45) is 11.3 Å². The molecule has 0 radical (unpaired) electrons. The molecule has 1 atom stereocenters. The smallest absolute Gasteiger partial charge is 0.335 e. The largest absolute Gasteiger partial charge is 0.478 e. The molecule has 1 saturated heterocycles. The maximum absolute atomic E-state index is 13.4. The molecule has 0 aromatic heterocycles. The molecule has 1 N–H and O–H groups in total. The van der Waals surface area contributed by atoms with E-state index in [9.17, 15) is 23.5 Å². The normalized spacial score (nSPS) is 26.2. The first-order valence-electron chi connectivity index (χ1n) is 8.23. The molecule has 0 unspecified atom stereocenters. The second kappa shape index (κ2) is 5.83. The molecule has 130 valence electrons. The number of rotatable bonds is 4. The van der Waals surface area contributed by atoms with Crippen molar-refractivity contribution >= 4 is 11.9 Å². The fourth-order valence-corrected chi connectivity index (χ4v) is 3.54. The highest BCUT2D eigenvalue weighted by Crippen LogP contribution is 2.61. The number of carbonyl (C=O) groups excluding carboxylic acids is 1. The summed E-state index contributed by atoms with van der Waals surface area (Å²) in [6.07, 6.45) is 1.70. The molecule has 2 aliphatic rings. The van der Waals surface area contributed by atoms with Crippen molar-refractivity contribution in [1.82, 2.24) is 4.90 Å². The molecule has 24 heavy (non-hydrogen) atoms. The zero-order valence-corrected chi connectivity index (χ0v) is 13.6. The highest BCUT2D eigenvalue weighted by molar-refractivity contribution is 5.89. The molecule has 2 fully saturated rings. The molecule has 4 nitrogen and oxygen atoms in total. The maximum Gasteiger partial charge on any atom is 0.335 e. The van der Waals surface area contributed by atoms with E-state index in [0.29, 0.717) is 37.9 Å². The van der Waals surface area contributed by atoms with Crippen LogP contribution in [0.4, 0.5) is 8.78 Å². The molecule has 1 heterocycles. The van der Waals surface area contributed by atoms with Crippen LogP contribution >= 0.6 is 0 Å². The van der Waals surface area contributed by atoms with Gasteiger partial charge in [0.15, 0.2) is 0 Å². The van der Waals surface area contributed by atoms with Crippen LogP contribution in [0.25, 0.3) is 0 Å². The predicted molar refractivity (Wildman–Crippen MR) is 84.1 cm³/mol. The summed E-state index contributed by atoms with van der Waals surface area (Å²) in [6, 6.07) is 6.92. The molecule has 1 amide bonds. The summed E-state index contributed by atoms with van der Waals surface area (Å²) in [4.78, 5) is 25.1. The summed E-state index contributed by atoms with van der Waals surface area (Å²) < 4.78 is 26.7. The number of alkyl halides is 2. The first-order valence-corrected chi connectivity index (χ1v) is 8.23. The molecule has 0 bridgehead atoms. The number of amides is 1. The van der Waals surface area contributed by atoms with Crippen molar-refractivity contribution in [3.05, 3.63) is 35.4 Å². The van der Waals surface area contributed by atoms with Gasteiger partial charge in [0.2, 0.25) is 5.91 Å². The molecule has 1 aliphatic heterocycles. The Morgan fingerprint density at radius 2 is 1.83 bits per heavy atom. The molecule has 3 rings (SSSR count). The maximum atomic E-state index is 13.4. The first-order chi connectivity index (χ1) is 11.2. The molecule has 1 aromatic carbocycles. The van der Waals surface area contributed by atoms with Gasteiger partial charge in [0.1, 0.15) is 5.41 Å². The van der Waals surface area contributed by atoms with Crippen LogP contribution < -0.4 is 0 Å². The summed E-state index contributed by atoms with van der Waals surface area (Å²) >= 11 is 0. The van der Waals surface area contributed by atoms with Gasteiger partial charge < -0.3 is 10.0 Å². The third-order valence-electron chi connectivity index (χ3n) is 5.39. The SMILES string of the molecule is C[C@@]1(C(=O)N2CCC(Cc3ccccc3C(=O)O)CC2)CC1(F)F. The summed E-state index contributed by atoms with van der Waals surface area (Å²) in [5.74, 6) is -4.00. The van der Waals surface area contributed by atoms with Crippen molar-refractivity contribution in [1.29, 1.82) is 0 Å². The number of aromatic carboxylic acids is 1. The van der Waals surface area contributed by atoms with Gasteiger partial charge in [-0.3, -0.25) is 4.79 Å². The number of piperidine rings is 1. The third-order valence-corrected chi connectivity index (χ3v) is 5.39. The molecular formula is C18H21F2NO3. The molecular weight excluding hydrogens is 316 g/mol. The van der Waals surface area contributed by atoms with Crippen LogP contribution in [-0.4, -0.2) is 40.9 Å². The van der Waals surface area contributed by atoms with Crippen LogP contribution in [0.5, 0.6) is 0 Å². The number of benzene rings is 1. The second-order valence-electron chi connectivity index (χ2n) is 7.12. The van der Waals surface area contributed by atoms with Crippen LogP contribution in [0.15, 0.2) is 24.3 Å². The number of carbonyl (C=O) groups is 2. The van der Waals surface area contributed by atoms with E-state index < -0.39 is 23.2 Å². The van der Waals surface area contributed by atoms with Crippen molar-refractivity contribution in [2.45, 2.75) is 38.5 Å². The highest BCUT2D eigenvalue weighted by atomic mass is 19.3. The van der Waals surface area contributed by atoms with Gasteiger partial charge >= 0.3 is 5.97 Å². The number of hydrogen-bond donors (Lipinski definition) is 1. The molecule has 0 spiro atoms. The van der Waals surface area contributed by atoms with Crippen LogP contribution in [0, 0.1) is 11.3 Å². The second-order valence-corrected chi connectivity index (χ2v) is 7.12. The van der Waals surface area contributed by atoms with E-state index in [1.54, 1.807) is 17.0 Å². The quantitative estimate of drug-likeness (QED) is 0.918. The van der Waals surface area contributed by atoms with Crippen LogP contribution in [0.1, 0.15) is 42.1 Å². The van der Waals surface area contributed by atoms with Crippen LogP contribution in [0.3, 0.4) is 0 Å². The summed E-state index contributed by atoms with van der Waals surface area (Å²) in [5.41, 5.74) is -0.424. The molecule has 1 aromatic rings. The monoisotopic (exact) mass is 337 g/mol. The lowest BCUT2D eigenvalue weighted by molar-refractivity contribution is -0.141. The van der Waals surface area contributed by atoms with E-state index >= 15 is 0 Å². The van der Waals surface area contributed by atoms with Gasteiger partial charge in [0, 0.05) is 19.5 Å². The van der Waals surface area contributed by atoms with Crippen molar-refractivity contribution < 1.29 is 23.5 Å². The van der Waals surface area contributed by atoms with Crippen molar-refractivity contribution in [3.63, 3.8) is 0 Å². The van der Waals surface area contributed by atoms with E-state index in [1.807, 2.05) is 12.1 Å². The van der Waals surface area contributed by atoms with Gasteiger partial charge in [0.05, 0.1) is 5.56 Å². The topological polar surface area (TPSA) is 57.6 Å². The average molecular weight is 337 g/mol. The fourth-order valence-electron chi connectivity index (χ4n) is 3.54. The van der Waals surface area contributed by atoms with Crippen molar-refractivity contribution in [2.75, 3.05) is 13.1 Å². The van der Waals surface area contributed by atoms with E-state index in [1.165, 1.54) is 6.92 Å². The van der Waals surface area contributed by atoms with Gasteiger partial charge in [-0.25, -0.2) is 13.6 Å². The van der Waals surface area contributed by atoms with Crippen LogP contribution in [-0.2, 0) is 11.2 Å². The Bertz CT molecular complexity index is 668. The lowest BCUT2D eigenvalue weighted by Gasteiger charge is -2.34. The van der Waals surface area contributed by atoms with Gasteiger partial charge in [0.25, 0.3) is 5.92 Å². The zero-order valence-electron chi connectivity index (χ0n) is 13.6. The zero-order chi connectivity index (χ0) is 17.5. The molecule has 1 aliphatic carbocycles. The number of likely N-dealkylation sites (tertiary alicyclic amines) is 1. The summed E-state index contributed by atoms with van der Waals surface area (Å²) in [5, 5.41) is 9.23.